The van der Waals surface area contributed by atoms with E-state index in [0.29, 0.717) is 12.0 Å². The lowest BCUT2D eigenvalue weighted by atomic mass is 10.1. The molecule has 22 heavy (non-hydrogen) atoms. The zero-order chi connectivity index (χ0) is 16.2. The number of hydrogen-bond acceptors (Lipinski definition) is 4. The summed E-state index contributed by atoms with van der Waals surface area (Å²) in [7, 11) is 0. The average Bonchev–Trinajstić information content (AvgIpc) is 2.76. The zero-order valence-electron chi connectivity index (χ0n) is 12.4. The Morgan fingerprint density at radius 3 is 2.45 bits per heavy atom. The first-order chi connectivity index (χ1) is 10.4. The van der Waals surface area contributed by atoms with E-state index in [0.717, 1.165) is 15.6 Å². The molecule has 1 N–H and O–H groups in total. The monoisotopic (exact) mass is 329 g/mol. The summed E-state index contributed by atoms with van der Waals surface area (Å²) < 4.78 is 39.4. The van der Waals surface area contributed by atoms with Crippen LogP contribution in [0.2, 0.25) is 0 Å². The SMILES string of the molecule is Cc1nc(C)c(CCN[C@H](Cc2ccncc2)C(F)(F)F)s1. The molecule has 3 nitrogen and oxygen atoms in total. The fourth-order valence-corrected chi connectivity index (χ4v) is 3.16. The van der Waals surface area contributed by atoms with Crippen molar-refractivity contribution >= 4 is 11.3 Å². The molecular weight excluding hydrogens is 311 g/mol. The highest BCUT2D eigenvalue weighted by molar-refractivity contribution is 7.11. The molecule has 0 saturated carbocycles. The van der Waals surface area contributed by atoms with E-state index in [1.807, 2.05) is 13.8 Å². The molecule has 7 heteroatoms. The van der Waals surface area contributed by atoms with E-state index in [9.17, 15) is 13.2 Å². The number of halogens is 3. The van der Waals surface area contributed by atoms with Gasteiger partial charge in [-0.15, -0.1) is 11.3 Å². The number of pyridine rings is 1. The fraction of sp³-hybridized carbons (Fsp3) is 0.467. The quantitative estimate of drug-likeness (QED) is 0.882. The molecule has 0 spiro atoms. The second-order valence-electron chi connectivity index (χ2n) is 5.10. The first-order valence-corrected chi connectivity index (χ1v) is 7.80. The van der Waals surface area contributed by atoms with E-state index in [2.05, 4.69) is 15.3 Å². The van der Waals surface area contributed by atoms with Crippen molar-refractivity contribution in [1.82, 2.24) is 15.3 Å². The van der Waals surface area contributed by atoms with Crippen molar-refractivity contribution in [1.29, 1.82) is 0 Å². The predicted molar refractivity (Wildman–Crippen MR) is 81.1 cm³/mol. The summed E-state index contributed by atoms with van der Waals surface area (Å²) in [4.78, 5) is 9.15. The van der Waals surface area contributed by atoms with Gasteiger partial charge in [0.1, 0.15) is 6.04 Å². The average molecular weight is 329 g/mol. The van der Waals surface area contributed by atoms with Crippen LogP contribution in [0.3, 0.4) is 0 Å². The van der Waals surface area contributed by atoms with Crippen molar-refractivity contribution in [2.24, 2.45) is 0 Å². The van der Waals surface area contributed by atoms with Crippen LogP contribution in [0.15, 0.2) is 24.5 Å². The minimum atomic E-state index is -4.28. The number of rotatable bonds is 6. The van der Waals surface area contributed by atoms with Crippen LogP contribution in [0.5, 0.6) is 0 Å². The third kappa shape index (κ3) is 4.78. The molecule has 0 aliphatic heterocycles. The molecule has 0 fully saturated rings. The molecular formula is C15H18F3N3S. The van der Waals surface area contributed by atoms with Crippen LogP contribution in [-0.2, 0) is 12.8 Å². The summed E-state index contributed by atoms with van der Waals surface area (Å²) in [6, 6.07) is 1.66. The lowest BCUT2D eigenvalue weighted by Gasteiger charge is -2.21. The first kappa shape index (κ1) is 16.9. The van der Waals surface area contributed by atoms with Gasteiger partial charge in [-0.05, 0) is 44.4 Å². The number of thiazole rings is 1. The van der Waals surface area contributed by atoms with Gasteiger partial charge in [0.2, 0.25) is 0 Å². The maximum atomic E-state index is 13.1. The summed E-state index contributed by atoms with van der Waals surface area (Å²) in [6.07, 6.45) is -0.798. The van der Waals surface area contributed by atoms with Crippen LogP contribution in [0.4, 0.5) is 13.2 Å². The van der Waals surface area contributed by atoms with Gasteiger partial charge in [0.05, 0.1) is 10.7 Å². The lowest BCUT2D eigenvalue weighted by Crippen LogP contribution is -2.44. The third-order valence-corrected chi connectivity index (χ3v) is 4.46. The topological polar surface area (TPSA) is 37.8 Å². The molecule has 2 rings (SSSR count). The van der Waals surface area contributed by atoms with Gasteiger partial charge in [0.15, 0.2) is 0 Å². The highest BCUT2D eigenvalue weighted by Crippen LogP contribution is 2.23. The summed E-state index contributed by atoms with van der Waals surface area (Å²) in [5, 5.41) is 3.57. The number of alkyl halides is 3. The van der Waals surface area contributed by atoms with E-state index >= 15 is 0 Å². The molecule has 0 unspecified atom stereocenters. The smallest absolute Gasteiger partial charge is 0.306 e. The normalized spacial score (nSPS) is 13.3. The van der Waals surface area contributed by atoms with Gasteiger partial charge in [0.25, 0.3) is 0 Å². The Balaban J connectivity index is 1.94. The molecule has 0 saturated heterocycles. The van der Waals surface area contributed by atoms with Gasteiger partial charge >= 0.3 is 6.18 Å². The molecule has 1 atom stereocenters. The molecule has 120 valence electrons. The van der Waals surface area contributed by atoms with E-state index in [4.69, 9.17) is 0 Å². The minimum absolute atomic E-state index is 0.0906. The molecule has 0 bridgehead atoms. The van der Waals surface area contributed by atoms with Crippen molar-refractivity contribution in [3.63, 3.8) is 0 Å². The van der Waals surface area contributed by atoms with Crippen molar-refractivity contribution in [3.05, 3.63) is 45.7 Å². The maximum Gasteiger partial charge on any atom is 0.404 e. The Labute approximate surface area is 131 Å². The number of nitrogens with zero attached hydrogens (tertiary/aromatic N) is 2. The second-order valence-corrected chi connectivity index (χ2v) is 6.39. The zero-order valence-corrected chi connectivity index (χ0v) is 13.3. The Hall–Kier alpha value is -1.47. The van der Waals surface area contributed by atoms with Gasteiger partial charge in [-0.3, -0.25) is 4.98 Å². The Kier molecular flexibility index (Phi) is 5.52. The summed E-state index contributed by atoms with van der Waals surface area (Å²) >= 11 is 1.54. The van der Waals surface area contributed by atoms with Gasteiger partial charge in [0, 0.05) is 23.8 Å². The van der Waals surface area contributed by atoms with Crippen molar-refractivity contribution in [3.8, 4) is 0 Å². The summed E-state index contributed by atoms with van der Waals surface area (Å²) in [5.74, 6) is 0. The highest BCUT2D eigenvalue weighted by Gasteiger charge is 2.39. The van der Waals surface area contributed by atoms with Crippen molar-refractivity contribution < 1.29 is 13.2 Å². The summed E-state index contributed by atoms with van der Waals surface area (Å²) in [6.45, 7) is 4.06. The van der Waals surface area contributed by atoms with Gasteiger partial charge < -0.3 is 5.32 Å². The number of aryl methyl sites for hydroxylation is 2. The van der Waals surface area contributed by atoms with Crippen LogP contribution >= 0.6 is 11.3 Å². The standard InChI is InChI=1S/C15H18F3N3S/c1-10-13(22-11(2)21-10)5-8-20-14(15(16,17)18)9-12-3-6-19-7-4-12/h3-4,6-7,14,20H,5,8-9H2,1-2H3/t14-/m1/s1. The lowest BCUT2D eigenvalue weighted by molar-refractivity contribution is -0.155. The van der Waals surface area contributed by atoms with E-state index < -0.39 is 12.2 Å². The first-order valence-electron chi connectivity index (χ1n) is 6.98. The molecule has 0 radical (unpaired) electrons. The van der Waals surface area contributed by atoms with Crippen LogP contribution in [0, 0.1) is 13.8 Å². The number of hydrogen-bond donors (Lipinski definition) is 1. The highest BCUT2D eigenvalue weighted by atomic mass is 32.1. The minimum Gasteiger partial charge on any atom is -0.306 e. The predicted octanol–water partition coefficient (Wildman–Crippen LogP) is 3.46. The van der Waals surface area contributed by atoms with Gasteiger partial charge in [-0.25, -0.2) is 4.98 Å². The third-order valence-electron chi connectivity index (χ3n) is 3.33. The van der Waals surface area contributed by atoms with E-state index in [-0.39, 0.29) is 13.0 Å². The molecule has 0 aromatic carbocycles. The van der Waals surface area contributed by atoms with Gasteiger partial charge in [-0.1, -0.05) is 0 Å². The molecule has 0 amide bonds. The number of nitrogens with one attached hydrogen (secondary N) is 1. The van der Waals surface area contributed by atoms with Crippen LogP contribution in [0.1, 0.15) is 21.1 Å². The second kappa shape index (κ2) is 7.19. The maximum absolute atomic E-state index is 13.1. The molecule has 0 aliphatic rings. The van der Waals surface area contributed by atoms with Crippen LogP contribution < -0.4 is 5.32 Å². The van der Waals surface area contributed by atoms with E-state index in [1.54, 1.807) is 12.1 Å². The Bertz CT molecular complexity index is 596. The largest absolute Gasteiger partial charge is 0.404 e. The summed E-state index contributed by atoms with van der Waals surface area (Å²) in [5.41, 5.74) is 1.52. The molecule has 2 aromatic heterocycles. The fourth-order valence-electron chi connectivity index (χ4n) is 2.22. The molecule has 2 aromatic rings. The Morgan fingerprint density at radius 1 is 1.23 bits per heavy atom. The van der Waals surface area contributed by atoms with Gasteiger partial charge in [-0.2, -0.15) is 13.2 Å². The Morgan fingerprint density at radius 2 is 1.91 bits per heavy atom. The molecule has 2 heterocycles. The van der Waals surface area contributed by atoms with E-state index in [1.165, 1.54) is 23.7 Å². The van der Waals surface area contributed by atoms with Crippen LogP contribution in [0.25, 0.3) is 0 Å². The van der Waals surface area contributed by atoms with Crippen molar-refractivity contribution in [2.75, 3.05) is 6.54 Å². The van der Waals surface area contributed by atoms with Crippen molar-refractivity contribution in [2.45, 2.75) is 38.9 Å². The molecule has 0 aliphatic carbocycles. The number of aromatic nitrogens is 2. The van der Waals surface area contributed by atoms with Crippen LogP contribution in [-0.4, -0.2) is 28.7 Å².